The molecule has 4 aliphatic rings. The number of aromatic nitrogens is 1. The minimum atomic E-state index is -1.17. The third kappa shape index (κ3) is 3.05. The summed E-state index contributed by atoms with van der Waals surface area (Å²) < 4.78 is 0. The summed E-state index contributed by atoms with van der Waals surface area (Å²) in [4.78, 5) is 55.0. The van der Waals surface area contributed by atoms with Gasteiger partial charge in [0.25, 0.3) is 0 Å². The standard InChI is InChI=1S/C27H22N2O5S2/c30-17(31)11-29-25(32)20-15-10-16(21(20)26(29)33)22-19(15)18(23-24(35-22)28-27(34)36-23)14-8-6-13(7-9-14)12-4-2-1-3-5-12/h1-9,15-16,18-22H,10-11H2,(H,28,34)(H,30,31)/t15-,16-,18-,19-,20+,21-,22+/m1/s1. The summed E-state index contributed by atoms with van der Waals surface area (Å²) >= 11 is 2.87. The Hall–Kier alpha value is -3.17. The molecule has 1 aromatic heterocycles. The molecule has 2 aliphatic carbocycles. The molecule has 1 saturated heterocycles. The highest BCUT2D eigenvalue weighted by atomic mass is 32.2. The first-order chi connectivity index (χ1) is 17.4. The van der Waals surface area contributed by atoms with Gasteiger partial charge in [-0.15, -0.1) is 11.8 Å². The van der Waals surface area contributed by atoms with Gasteiger partial charge in [-0.2, -0.15) is 0 Å². The van der Waals surface area contributed by atoms with Gasteiger partial charge in [0, 0.05) is 16.0 Å². The summed E-state index contributed by atoms with van der Waals surface area (Å²) in [5.41, 5.74) is 3.34. The fraction of sp³-hybridized carbons (Fsp3) is 0.333. The molecule has 7 nitrogen and oxygen atoms in total. The van der Waals surface area contributed by atoms with Gasteiger partial charge in [-0.3, -0.25) is 24.1 Å². The minimum Gasteiger partial charge on any atom is -0.480 e. The number of carboxylic acids is 1. The van der Waals surface area contributed by atoms with Crippen LogP contribution in [0.15, 0.2) is 64.4 Å². The van der Waals surface area contributed by atoms with Crippen molar-refractivity contribution in [2.75, 3.05) is 6.54 Å². The largest absolute Gasteiger partial charge is 0.480 e. The summed E-state index contributed by atoms with van der Waals surface area (Å²) in [6, 6.07) is 18.6. The number of likely N-dealkylation sites (tertiary alicyclic amines) is 1. The molecule has 2 aromatic carbocycles. The van der Waals surface area contributed by atoms with E-state index in [1.165, 1.54) is 11.3 Å². The first-order valence-corrected chi connectivity index (χ1v) is 13.7. The fourth-order valence-corrected chi connectivity index (χ4v) is 10.1. The van der Waals surface area contributed by atoms with Gasteiger partial charge in [-0.05, 0) is 40.9 Å². The number of aromatic amines is 1. The maximum absolute atomic E-state index is 13.3. The average Bonchev–Trinajstić information content (AvgIpc) is 3.60. The van der Waals surface area contributed by atoms with E-state index in [4.69, 9.17) is 0 Å². The van der Waals surface area contributed by atoms with E-state index >= 15 is 0 Å². The first kappa shape index (κ1) is 22.1. The normalized spacial score (nSPS) is 31.9. The second-order valence-corrected chi connectivity index (χ2v) is 12.3. The van der Waals surface area contributed by atoms with E-state index in [2.05, 4.69) is 41.4 Å². The van der Waals surface area contributed by atoms with Crippen LogP contribution in [0.2, 0.25) is 0 Å². The zero-order valence-electron chi connectivity index (χ0n) is 19.0. The van der Waals surface area contributed by atoms with Gasteiger partial charge in [0.15, 0.2) is 0 Å². The molecule has 7 atom stereocenters. The van der Waals surface area contributed by atoms with Crippen molar-refractivity contribution in [1.82, 2.24) is 9.88 Å². The van der Waals surface area contributed by atoms with Crippen LogP contribution in [0.25, 0.3) is 11.1 Å². The highest BCUT2D eigenvalue weighted by molar-refractivity contribution is 8.00. The number of benzene rings is 2. The number of imide groups is 1. The Bertz CT molecular complexity index is 1460. The Kier molecular flexibility index (Phi) is 4.85. The van der Waals surface area contributed by atoms with Crippen molar-refractivity contribution in [1.29, 1.82) is 0 Å². The van der Waals surface area contributed by atoms with Gasteiger partial charge in [-0.25, -0.2) is 0 Å². The second-order valence-electron chi connectivity index (χ2n) is 10.1. The molecule has 3 aromatic rings. The van der Waals surface area contributed by atoms with Crippen LogP contribution < -0.4 is 4.87 Å². The van der Waals surface area contributed by atoms with Crippen molar-refractivity contribution in [3.63, 3.8) is 0 Å². The summed E-state index contributed by atoms with van der Waals surface area (Å²) in [5, 5.41) is 10.2. The lowest BCUT2D eigenvalue weighted by Crippen LogP contribution is -2.42. The molecule has 9 heteroatoms. The second kappa shape index (κ2) is 7.91. The van der Waals surface area contributed by atoms with Crippen LogP contribution in [-0.2, 0) is 14.4 Å². The summed E-state index contributed by atoms with van der Waals surface area (Å²) in [5.74, 6) is -2.74. The number of hydrogen-bond acceptors (Lipinski definition) is 6. The van der Waals surface area contributed by atoms with Crippen molar-refractivity contribution < 1.29 is 19.5 Å². The van der Waals surface area contributed by atoms with E-state index in [-0.39, 0.29) is 45.6 Å². The number of nitrogens with one attached hydrogen (secondary N) is 1. The topological polar surface area (TPSA) is 108 Å². The van der Waals surface area contributed by atoms with Crippen LogP contribution >= 0.6 is 23.1 Å². The molecule has 3 fully saturated rings. The number of carbonyl (C=O) groups is 3. The van der Waals surface area contributed by atoms with Crippen LogP contribution in [0.3, 0.4) is 0 Å². The zero-order valence-corrected chi connectivity index (χ0v) is 20.6. The van der Waals surface area contributed by atoms with Crippen LogP contribution in [-0.4, -0.2) is 44.6 Å². The number of thioether (sulfide) groups is 1. The van der Waals surface area contributed by atoms with E-state index in [0.717, 1.165) is 37.9 Å². The molecule has 2 amide bonds. The van der Waals surface area contributed by atoms with Crippen LogP contribution in [0.1, 0.15) is 22.8 Å². The quantitative estimate of drug-likeness (QED) is 0.511. The molecule has 2 saturated carbocycles. The summed E-state index contributed by atoms with van der Waals surface area (Å²) in [6.45, 7) is -0.572. The van der Waals surface area contributed by atoms with Crippen molar-refractivity contribution in [3.05, 3.63) is 74.7 Å². The molecule has 2 aliphatic heterocycles. The molecule has 2 N–H and O–H groups in total. The summed E-state index contributed by atoms with van der Waals surface area (Å²) in [7, 11) is 0. The van der Waals surface area contributed by atoms with Gasteiger partial charge in [0.1, 0.15) is 6.54 Å². The molecule has 7 rings (SSSR count). The van der Waals surface area contributed by atoms with E-state index in [1.54, 1.807) is 11.8 Å². The lowest BCUT2D eigenvalue weighted by Gasteiger charge is -2.43. The number of nitrogens with zero attached hydrogens (tertiary/aromatic N) is 1. The van der Waals surface area contributed by atoms with E-state index in [1.807, 2.05) is 18.2 Å². The predicted octanol–water partition coefficient (Wildman–Crippen LogP) is 3.66. The third-order valence-electron chi connectivity index (χ3n) is 8.49. The number of hydrogen-bond donors (Lipinski definition) is 2. The third-order valence-corrected chi connectivity index (χ3v) is 11.1. The Morgan fingerprint density at radius 3 is 2.31 bits per heavy atom. The monoisotopic (exact) mass is 518 g/mol. The van der Waals surface area contributed by atoms with Gasteiger partial charge in [0.2, 0.25) is 11.8 Å². The number of carbonyl (C=O) groups excluding carboxylic acids is 2. The van der Waals surface area contributed by atoms with E-state index in [9.17, 15) is 24.3 Å². The number of carboxylic acid groups (broad SMARTS) is 1. The molecule has 0 spiro atoms. The van der Waals surface area contributed by atoms with Crippen molar-refractivity contribution in [2.24, 2.45) is 29.6 Å². The van der Waals surface area contributed by atoms with Gasteiger partial charge < -0.3 is 10.1 Å². The molecule has 0 unspecified atom stereocenters. The van der Waals surface area contributed by atoms with Crippen LogP contribution in [0, 0.1) is 29.6 Å². The molecule has 3 heterocycles. The number of thiazole rings is 1. The molecule has 2 bridgehead atoms. The molecular weight excluding hydrogens is 496 g/mol. The lowest BCUT2D eigenvalue weighted by atomic mass is 9.68. The number of aliphatic carboxylic acids is 1. The van der Waals surface area contributed by atoms with E-state index < -0.39 is 24.3 Å². The summed E-state index contributed by atoms with van der Waals surface area (Å²) in [6.07, 6.45) is 0.786. The Labute approximate surface area is 214 Å². The lowest BCUT2D eigenvalue weighted by molar-refractivity contribution is -0.149. The highest BCUT2D eigenvalue weighted by Crippen LogP contribution is 2.68. The maximum atomic E-state index is 13.3. The number of H-pyrrole nitrogens is 1. The first-order valence-electron chi connectivity index (χ1n) is 12.0. The maximum Gasteiger partial charge on any atom is 0.323 e. The number of fused-ring (bicyclic) bond motifs is 9. The Morgan fingerprint density at radius 2 is 1.61 bits per heavy atom. The number of rotatable bonds is 4. The van der Waals surface area contributed by atoms with Crippen molar-refractivity contribution in [3.8, 4) is 11.1 Å². The van der Waals surface area contributed by atoms with Gasteiger partial charge in [-0.1, -0.05) is 65.9 Å². The SMILES string of the molecule is O=C(O)CN1C(=O)[C@@H]2[C@H]3C[C@@H]([C@@H]2C1=O)[C@@H]1[C@@H](c2ccc(-c4ccccc4)cc2)c2sc(=O)[nH]c2S[C@@H]31. The van der Waals surface area contributed by atoms with Crippen LogP contribution in [0.5, 0.6) is 0 Å². The predicted molar refractivity (Wildman–Crippen MR) is 135 cm³/mol. The molecule has 36 heavy (non-hydrogen) atoms. The molecule has 182 valence electrons. The fourth-order valence-electron chi connectivity index (χ4n) is 7.26. The zero-order chi connectivity index (χ0) is 24.7. The van der Waals surface area contributed by atoms with Gasteiger partial charge in [0.05, 0.1) is 16.9 Å². The van der Waals surface area contributed by atoms with E-state index in [0.29, 0.717) is 0 Å². The van der Waals surface area contributed by atoms with Crippen molar-refractivity contribution >= 4 is 40.9 Å². The molecule has 0 radical (unpaired) electrons. The average molecular weight is 519 g/mol. The molecular formula is C27H22N2O5S2. The van der Waals surface area contributed by atoms with Gasteiger partial charge >= 0.3 is 10.8 Å². The Balaban J connectivity index is 1.29. The minimum absolute atomic E-state index is 0.00658. The Morgan fingerprint density at radius 1 is 0.944 bits per heavy atom. The number of amides is 2. The van der Waals surface area contributed by atoms with Crippen molar-refractivity contribution in [2.45, 2.75) is 22.6 Å². The smallest absolute Gasteiger partial charge is 0.323 e. The van der Waals surface area contributed by atoms with Crippen LogP contribution in [0.4, 0.5) is 0 Å². The highest BCUT2D eigenvalue weighted by Gasteiger charge is 2.69.